The molecule has 8 heteroatoms. The Morgan fingerprint density at radius 2 is 1.62 bits per heavy atom. The van der Waals surface area contributed by atoms with Crippen molar-refractivity contribution in [1.82, 2.24) is 0 Å². The number of rotatable bonds is 4. The summed E-state index contributed by atoms with van der Waals surface area (Å²) in [6, 6.07) is 0. The maximum Gasteiger partial charge on any atom is 0.508 e. The van der Waals surface area contributed by atoms with Gasteiger partial charge in [-0.05, 0) is 0 Å². The van der Waals surface area contributed by atoms with Crippen LogP contribution in [0.2, 0.25) is 0 Å². The van der Waals surface area contributed by atoms with Gasteiger partial charge in [0.1, 0.15) is 6.42 Å². The minimum absolute atomic E-state index is 1.37. The second-order valence-electron chi connectivity index (χ2n) is 2.03. The summed E-state index contributed by atoms with van der Waals surface area (Å²) in [5.41, 5.74) is 0. The summed E-state index contributed by atoms with van der Waals surface area (Å²) in [6.07, 6.45) is -3.44. The number of aliphatic carboxylic acids is 2. The highest BCUT2D eigenvalue weighted by molar-refractivity contribution is 5.83. The van der Waals surface area contributed by atoms with Gasteiger partial charge in [0.25, 0.3) is 0 Å². The molecule has 0 bridgehead atoms. The lowest BCUT2D eigenvalue weighted by atomic mass is 10.2. The van der Waals surface area contributed by atoms with Crippen LogP contribution in [0.1, 0.15) is 6.42 Å². The first kappa shape index (κ1) is 11.2. The molecule has 0 spiro atoms. The molecule has 0 fully saturated rings. The number of carbonyl (C=O) groups is 3. The van der Waals surface area contributed by atoms with Crippen LogP contribution in [0.3, 0.4) is 0 Å². The van der Waals surface area contributed by atoms with Gasteiger partial charge in [-0.3, -0.25) is 4.79 Å². The van der Waals surface area contributed by atoms with Crippen molar-refractivity contribution in [2.24, 2.45) is 0 Å². The molecule has 0 saturated carbocycles. The minimum Gasteiger partial charge on any atom is -0.481 e. The van der Waals surface area contributed by atoms with E-state index in [0.29, 0.717) is 0 Å². The molecule has 1 unspecified atom stereocenters. The number of carboxylic acid groups (broad SMARTS) is 3. The van der Waals surface area contributed by atoms with Crippen LogP contribution in [0, 0.1) is 0 Å². The molecule has 0 aliphatic carbocycles. The summed E-state index contributed by atoms with van der Waals surface area (Å²) in [5.74, 6) is -7.03. The van der Waals surface area contributed by atoms with E-state index in [2.05, 4.69) is 4.74 Å². The fourth-order valence-electron chi connectivity index (χ4n) is 0.505. The van der Waals surface area contributed by atoms with Crippen molar-refractivity contribution in [1.29, 1.82) is 0 Å². The van der Waals surface area contributed by atoms with Crippen LogP contribution in [-0.4, -0.2) is 44.3 Å². The summed E-state index contributed by atoms with van der Waals surface area (Å²) in [6.45, 7) is 0. The van der Waals surface area contributed by atoms with Gasteiger partial charge in [-0.1, -0.05) is 0 Å². The second kappa shape index (κ2) is 3.72. The summed E-state index contributed by atoms with van der Waals surface area (Å²) in [4.78, 5) is 30.1. The van der Waals surface area contributed by atoms with Gasteiger partial charge in [0.05, 0.1) is 0 Å². The molecule has 0 saturated heterocycles. The maximum absolute atomic E-state index is 10.2. The van der Waals surface area contributed by atoms with Crippen molar-refractivity contribution in [2.45, 2.75) is 12.2 Å². The Morgan fingerprint density at radius 3 is 1.85 bits per heavy atom. The molecule has 4 N–H and O–H groups in total. The van der Waals surface area contributed by atoms with Gasteiger partial charge in [0.2, 0.25) is 0 Å². The van der Waals surface area contributed by atoms with Crippen molar-refractivity contribution in [2.75, 3.05) is 0 Å². The lowest BCUT2D eigenvalue weighted by Crippen LogP contribution is -2.44. The Bertz CT molecular complexity index is 227. The topological polar surface area (TPSA) is 141 Å². The van der Waals surface area contributed by atoms with Gasteiger partial charge >= 0.3 is 23.9 Å². The predicted molar refractivity (Wildman–Crippen MR) is 33.9 cm³/mol. The second-order valence-corrected chi connectivity index (χ2v) is 2.03. The quantitative estimate of drug-likeness (QED) is 0.327. The van der Waals surface area contributed by atoms with E-state index < -0.39 is 30.3 Å². The van der Waals surface area contributed by atoms with Gasteiger partial charge in [0, 0.05) is 0 Å². The first-order valence-corrected chi connectivity index (χ1v) is 2.87. The molecule has 0 aromatic rings. The fraction of sp³-hybridized carbons (Fsp3) is 0.400. The molecule has 1 atom stereocenters. The zero-order valence-electron chi connectivity index (χ0n) is 6.13. The molecule has 0 rings (SSSR count). The van der Waals surface area contributed by atoms with E-state index in [4.69, 9.17) is 20.4 Å². The molecular weight excluding hydrogens is 188 g/mol. The number of aliphatic hydroxyl groups is 1. The molecule has 8 nitrogen and oxygen atoms in total. The van der Waals surface area contributed by atoms with Crippen molar-refractivity contribution in [3.8, 4) is 0 Å². The molecule has 0 aromatic carbocycles. The van der Waals surface area contributed by atoms with Crippen LogP contribution in [0.15, 0.2) is 0 Å². The van der Waals surface area contributed by atoms with E-state index in [1.165, 1.54) is 0 Å². The zero-order valence-corrected chi connectivity index (χ0v) is 6.13. The monoisotopic (exact) mass is 194 g/mol. The number of hydrogen-bond acceptors (Lipinski definition) is 5. The zero-order chi connectivity index (χ0) is 10.6. The van der Waals surface area contributed by atoms with Crippen molar-refractivity contribution < 1.29 is 39.5 Å². The largest absolute Gasteiger partial charge is 0.508 e. The van der Waals surface area contributed by atoms with Crippen LogP contribution in [0.25, 0.3) is 0 Å². The highest BCUT2D eigenvalue weighted by atomic mass is 16.7. The minimum atomic E-state index is -3.24. The highest BCUT2D eigenvalue weighted by Crippen LogP contribution is 2.12. The average Bonchev–Trinajstić information content (AvgIpc) is 1.82. The van der Waals surface area contributed by atoms with Gasteiger partial charge in [-0.25, -0.2) is 9.59 Å². The van der Waals surface area contributed by atoms with E-state index in [0.717, 1.165) is 0 Å². The number of carboxylic acids is 2. The summed E-state index contributed by atoms with van der Waals surface area (Å²) in [7, 11) is 0. The molecule has 0 aromatic heterocycles. The van der Waals surface area contributed by atoms with Crippen molar-refractivity contribution in [3.63, 3.8) is 0 Å². The molecule has 74 valence electrons. The first-order chi connectivity index (χ1) is 5.78. The summed E-state index contributed by atoms with van der Waals surface area (Å²) in [5, 5.41) is 33.2. The van der Waals surface area contributed by atoms with E-state index in [1.54, 1.807) is 0 Å². The first-order valence-electron chi connectivity index (χ1n) is 2.87. The van der Waals surface area contributed by atoms with Gasteiger partial charge in [-0.2, -0.15) is 0 Å². The Balaban J connectivity index is 4.62. The summed E-state index contributed by atoms with van der Waals surface area (Å²) >= 11 is 0. The number of hydrogen-bond donors (Lipinski definition) is 4. The standard InChI is InChI=1S/C5H6O8/c6-2(7)1-5(12,3(8)9)13-4(10)11/h12H,1H2,(H,6,7)(H,8,9)(H,10,11). The molecule has 0 aliphatic rings. The lowest BCUT2D eigenvalue weighted by Gasteiger charge is -2.18. The molecule has 0 amide bonds. The third-order valence-corrected chi connectivity index (χ3v) is 0.981. The normalized spacial score (nSPS) is 14.2. The SMILES string of the molecule is O=C(O)CC(O)(OC(=O)O)C(=O)O. The van der Waals surface area contributed by atoms with E-state index >= 15 is 0 Å². The van der Waals surface area contributed by atoms with E-state index in [9.17, 15) is 14.4 Å². The van der Waals surface area contributed by atoms with Crippen LogP contribution in [0.5, 0.6) is 0 Å². The van der Waals surface area contributed by atoms with Gasteiger partial charge in [-0.15, -0.1) is 0 Å². The Kier molecular flexibility index (Phi) is 3.19. The van der Waals surface area contributed by atoms with E-state index in [-0.39, 0.29) is 0 Å². The van der Waals surface area contributed by atoms with Crippen molar-refractivity contribution in [3.05, 3.63) is 0 Å². The highest BCUT2D eigenvalue weighted by Gasteiger charge is 2.43. The Morgan fingerprint density at radius 1 is 1.15 bits per heavy atom. The Hall–Kier alpha value is -1.83. The van der Waals surface area contributed by atoms with Crippen LogP contribution >= 0.6 is 0 Å². The molecule has 0 heterocycles. The predicted octanol–water partition coefficient (Wildman–Crippen LogP) is -1.07. The van der Waals surface area contributed by atoms with Crippen molar-refractivity contribution >= 4 is 18.1 Å². The smallest absolute Gasteiger partial charge is 0.481 e. The number of ether oxygens (including phenoxy) is 1. The molecular formula is C5H6O8. The third kappa shape index (κ3) is 3.38. The molecule has 0 radical (unpaired) electrons. The molecule has 13 heavy (non-hydrogen) atoms. The van der Waals surface area contributed by atoms with Gasteiger partial charge < -0.3 is 25.2 Å². The van der Waals surface area contributed by atoms with Gasteiger partial charge in [0.15, 0.2) is 0 Å². The maximum atomic E-state index is 10.2. The van der Waals surface area contributed by atoms with E-state index in [1.807, 2.05) is 0 Å². The average molecular weight is 194 g/mol. The molecule has 0 aliphatic heterocycles. The van der Waals surface area contributed by atoms with Crippen LogP contribution in [0.4, 0.5) is 4.79 Å². The van der Waals surface area contributed by atoms with Crippen LogP contribution < -0.4 is 0 Å². The van der Waals surface area contributed by atoms with Crippen LogP contribution in [-0.2, 0) is 14.3 Å². The summed E-state index contributed by atoms with van der Waals surface area (Å²) < 4.78 is 3.50. The fourth-order valence-corrected chi connectivity index (χ4v) is 0.505. The Labute approximate surface area is 71.0 Å². The third-order valence-electron chi connectivity index (χ3n) is 0.981. The lowest BCUT2D eigenvalue weighted by molar-refractivity contribution is -0.212.